The molecule has 0 aromatic carbocycles. The summed E-state index contributed by atoms with van der Waals surface area (Å²) in [5, 5.41) is 7.46. The molecule has 2 heterocycles. The summed E-state index contributed by atoms with van der Waals surface area (Å²) in [5.41, 5.74) is 2.16. The van der Waals surface area contributed by atoms with Crippen LogP contribution in [0.4, 0.5) is 0 Å². The van der Waals surface area contributed by atoms with Crippen LogP contribution in [0.5, 0.6) is 0 Å². The number of guanidine groups is 1. The van der Waals surface area contributed by atoms with Crippen molar-refractivity contribution in [1.29, 1.82) is 0 Å². The van der Waals surface area contributed by atoms with E-state index in [-0.39, 0.29) is 24.0 Å². The first-order valence-corrected chi connectivity index (χ1v) is 9.13. The molecule has 0 radical (unpaired) electrons. The number of hydrogen-bond donors (Lipinski definition) is 1. The van der Waals surface area contributed by atoms with Gasteiger partial charge in [-0.3, -0.25) is 4.99 Å². The van der Waals surface area contributed by atoms with Gasteiger partial charge in [0, 0.05) is 52.6 Å². The Morgan fingerprint density at radius 3 is 2.62 bits per heavy atom. The maximum atomic E-state index is 5.92. The topological polar surface area (TPSA) is 72.1 Å². The number of aromatic nitrogens is 1. The molecule has 1 aliphatic rings. The molecule has 1 fully saturated rings. The van der Waals surface area contributed by atoms with Crippen LogP contribution in [0, 0.1) is 13.8 Å². The van der Waals surface area contributed by atoms with E-state index in [1.54, 1.807) is 7.11 Å². The molecule has 0 atom stereocenters. The fourth-order valence-corrected chi connectivity index (χ4v) is 3.18. The lowest BCUT2D eigenvalue weighted by Crippen LogP contribution is -2.47. The number of piperidine rings is 1. The van der Waals surface area contributed by atoms with Gasteiger partial charge >= 0.3 is 0 Å². The molecule has 7 nitrogen and oxygen atoms in total. The Kier molecular flexibility index (Phi) is 11.1. The maximum absolute atomic E-state index is 5.92. The summed E-state index contributed by atoms with van der Waals surface area (Å²) in [6, 6.07) is 0. The lowest BCUT2D eigenvalue weighted by molar-refractivity contribution is 0.00991. The zero-order valence-electron chi connectivity index (χ0n) is 16.4. The summed E-state index contributed by atoms with van der Waals surface area (Å²) in [6.07, 6.45) is 4.28. The molecule has 150 valence electrons. The van der Waals surface area contributed by atoms with E-state index in [0.29, 0.717) is 6.10 Å². The predicted octanol–water partition coefficient (Wildman–Crippen LogP) is 2.54. The van der Waals surface area contributed by atoms with Crippen molar-refractivity contribution >= 4 is 29.9 Å². The monoisotopic (exact) mass is 480 g/mol. The van der Waals surface area contributed by atoms with Crippen LogP contribution in [0.2, 0.25) is 0 Å². The highest BCUT2D eigenvalue weighted by atomic mass is 127. The highest BCUT2D eigenvalue weighted by molar-refractivity contribution is 14.0. The first-order valence-electron chi connectivity index (χ1n) is 9.13. The van der Waals surface area contributed by atoms with Gasteiger partial charge in [0.15, 0.2) is 5.96 Å². The summed E-state index contributed by atoms with van der Waals surface area (Å²) in [5.74, 6) is 1.87. The first kappa shape index (κ1) is 23.2. The van der Waals surface area contributed by atoms with Crippen LogP contribution >= 0.6 is 24.0 Å². The number of aryl methyl sites for hydroxylation is 2. The van der Waals surface area contributed by atoms with E-state index in [4.69, 9.17) is 14.0 Å². The van der Waals surface area contributed by atoms with E-state index >= 15 is 0 Å². The Balaban J connectivity index is 0.00000338. The number of likely N-dealkylation sites (tertiary alicyclic amines) is 1. The fourth-order valence-electron chi connectivity index (χ4n) is 3.18. The average molecular weight is 480 g/mol. The van der Waals surface area contributed by atoms with Crippen LogP contribution < -0.4 is 5.32 Å². The number of ether oxygens (including phenoxy) is 2. The number of nitrogens with one attached hydrogen (secondary N) is 1. The summed E-state index contributed by atoms with van der Waals surface area (Å²) in [6.45, 7) is 8.26. The van der Waals surface area contributed by atoms with Gasteiger partial charge in [0.05, 0.1) is 11.8 Å². The molecule has 0 amide bonds. The normalized spacial score (nSPS) is 15.8. The van der Waals surface area contributed by atoms with Crippen molar-refractivity contribution in [2.24, 2.45) is 4.99 Å². The molecule has 0 unspecified atom stereocenters. The van der Waals surface area contributed by atoms with Crippen molar-refractivity contribution in [3.8, 4) is 0 Å². The van der Waals surface area contributed by atoms with E-state index in [1.165, 1.54) is 5.56 Å². The van der Waals surface area contributed by atoms with Gasteiger partial charge in [-0.2, -0.15) is 0 Å². The minimum absolute atomic E-state index is 0. The number of rotatable bonds is 8. The molecule has 1 aromatic heterocycles. The maximum Gasteiger partial charge on any atom is 0.193 e. The average Bonchev–Trinajstić information content (AvgIpc) is 2.95. The number of hydrogen-bond acceptors (Lipinski definition) is 5. The van der Waals surface area contributed by atoms with Crippen LogP contribution in [-0.2, 0) is 15.9 Å². The Labute approximate surface area is 173 Å². The number of methoxy groups -OCH3 is 1. The third kappa shape index (κ3) is 7.03. The first-order chi connectivity index (χ1) is 12.2. The third-order valence-corrected chi connectivity index (χ3v) is 4.64. The summed E-state index contributed by atoms with van der Waals surface area (Å²) in [4.78, 5) is 6.73. The van der Waals surface area contributed by atoms with Crippen molar-refractivity contribution in [2.45, 2.75) is 45.6 Å². The molecular formula is C18H33IN4O3. The van der Waals surface area contributed by atoms with Gasteiger partial charge in [0.25, 0.3) is 0 Å². The molecule has 1 N–H and O–H groups in total. The van der Waals surface area contributed by atoms with Gasteiger partial charge < -0.3 is 24.2 Å². The lowest BCUT2D eigenvalue weighted by atomic mass is 10.1. The molecule has 0 saturated carbocycles. The summed E-state index contributed by atoms with van der Waals surface area (Å²) < 4.78 is 16.2. The van der Waals surface area contributed by atoms with Crippen LogP contribution in [0.15, 0.2) is 9.52 Å². The van der Waals surface area contributed by atoms with Gasteiger partial charge in [-0.15, -0.1) is 24.0 Å². The SMILES string of the molecule is CN=C(NCCc1c(C)noc1C)N1CCC(OCCCOC)CC1.I. The molecule has 1 aliphatic heterocycles. The van der Waals surface area contributed by atoms with Gasteiger partial charge in [0.2, 0.25) is 0 Å². The highest BCUT2D eigenvalue weighted by Crippen LogP contribution is 2.15. The summed E-state index contributed by atoms with van der Waals surface area (Å²) in [7, 11) is 3.56. The molecule has 0 aliphatic carbocycles. The van der Waals surface area contributed by atoms with Gasteiger partial charge in [0.1, 0.15) is 5.76 Å². The van der Waals surface area contributed by atoms with Gasteiger partial charge in [-0.1, -0.05) is 5.16 Å². The van der Waals surface area contributed by atoms with Crippen molar-refractivity contribution in [3.63, 3.8) is 0 Å². The minimum Gasteiger partial charge on any atom is -0.385 e. The molecule has 1 aromatic rings. The van der Waals surface area contributed by atoms with E-state index in [0.717, 1.165) is 75.9 Å². The molecule has 2 rings (SSSR count). The quantitative estimate of drug-likeness (QED) is 0.267. The second-order valence-electron chi connectivity index (χ2n) is 6.43. The second kappa shape index (κ2) is 12.5. The summed E-state index contributed by atoms with van der Waals surface area (Å²) >= 11 is 0. The van der Waals surface area contributed by atoms with E-state index in [9.17, 15) is 0 Å². The fraction of sp³-hybridized carbons (Fsp3) is 0.778. The van der Waals surface area contributed by atoms with Crippen LogP contribution in [0.1, 0.15) is 36.3 Å². The zero-order valence-corrected chi connectivity index (χ0v) is 18.7. The number of aliphatic imine (C=N–C) groups is 1. The van der Waals surface area contributed by atoms with E-state index < -0.39 is 0 Å². The Morgan fingerprint density at radius 2 is 2.04 bits per heavy atom. The third-order valence-electron chi connectivity index (χ3n) is 4.64. The molecule has 8 heteroatoms. The second-order valence-corrected chi connectivity index (χ2v) is 6.43. The van der Waals surface area contributed by atoms with Crippen molar-refractivity contribution < 1.29 is 14.0 Å². The van der Waals surface area contributed by atoms with Gasteiger partial charge in [-0.25, -0.2) is 0 Å². The predicted molar refractivity (Wildman–Crippen MR) is 113 cm³/mol. The van der Waals surface area contributed by atoms with Crippen molar-refractivity contribution in [3.05, 3.63) is 17.0 Å². The highest BCUT2D eigenvalue weighted by Gasteiger charge is 2.21. The van der Waals surface area contributed by atoms with Gasteiger partial charge in [-0.05, 0) is 39.5 Å². The number of nitrogens with zero attached hydrogens (tertiary/aromatic N) is 3. The van der Waals surface area contributed by atoms with Crippen molar-refractivity contribution in [1.82, 2.24) is 15.4 Å². The minimum atomic E-state index is 0. The molecular weight excluding hydrogens is 447 g/mol. The van der Waals surface area contributed by atoms with E-state index in [1.807, 2.05) is 20.9 Å². The number of halogens is 1. The van der Waals surface area contributed by atoms with E-state index in [2.05, 4.69) is 20.4 Å². The molecule has 1 saturated heterocycles. The van der Waals surface area contributed by atoms with Crippen LogP contribution in [0.3, 0.4) is 0 Å². The molecule has 0 bridgehead atoms. The molecule has 0 spiro atoms. The zero-order chi connectivity index (χ0) is 18.1. The van der Waals surface area contributed by atoms with Crippen LogP contribution in [-0.4, -0.2) is 69.1 Å². The Morgan fingerprint density at radius 1 is 1.31 bits per heavy atom. The molecule has 26 heavy (non-hydrogen) atoms. The smallest absolute Gasteiger partial charge is 0.193 e. The van der Waals surface area contributed by atoms with Crippen molar-refractivity contribution in [2.75, 3.05) is 47.0 Å². The largest absolute Gasteiger partial charge is 0.385 e. The van der Waals surface area contributed by atoms with Crippen LogP contribution in [0.25, 0.3) is 0 Å². The Hall–Kier alpha value is -0.870. The standard InChI is InChI=1S/C18H32N4O3.HI/c1-14-17(15(2)25-21-14)6-9-20-18(19-3)22-10-7-16(8-11-22)24-13-5-12-23-4;/h16H,5-13H2,1-4H3,(H,19,20);1H. The lowest BCUT2D eigenvalue weighted by Gasteiger charge is -2.34. The Bertz CT molecular complexity index is 523.